The molecule has 0 heterocycles. The third-order valence-corrected chi connectivity index (χ3v) is 6.75. The molecule has 2 rings (SSSR count). The van der Waals surface area contributed by atoms with Gasteiger partial charge in [0.1, 0.15) is 12.6 Å². The van der Waals surface area contributed by atoms with Crippen molar-refractivity contribution in [1.29, 1.82) is 0 Å². The molecule has 0 saturated carbocycles. The SMILES string of the molecule is CCCNC(=O)C(C)N(Cc1ccccc1C)C(=O)CN(c1ccc(C)cc1C)S(C)(=O)=O. The number of nitrogens with zero attached hydrogens (tertiary/aromatic N) is 2. The predicted octanol–water partition coefficient (Wildman–Crippen LogP) is 3.32. The first-order valence-corrected chi connectivity index (χ1v) is 13.0. The zero-order valence-corrected chi connectivity index (χ0v) is 21.2. The lowest BCUT2D eigenvalue weighted by molar-refractivity contribution is -0.139. The number of aryl methyl sites for hydroxylation is 3. The second-order valence-corrected chi connectivity index (χ2v) is 10.4. The van der Waals surface area contributed by atoms with E-state index in [1.165, 1.54) is 4.90 Å². The van der Waals surface area contributed by atoms with E-state index in [0.29, 0.717) is 12.2 Å². The molecule has 0 fully saturated rings. The van der Waals surface area contributed by atoms with Gasteiger partial charge in [-0.05, 0) is 56.9 Å². The van der Waals surface area contributed by atoms with E-state index in [2.05, 4.69) is 5.32 Å². The van der Waals surface area contributed by atoms with Crippen molar-refractivity contribution in [2.75, 3.05) is 23.7 Å². The highest BCUT2D eigenvalue weighted by atomic mass is 32.2. The molecule has 0 aliphatic rings. The first-order valence-electron chi connectivity index (χ1n) is 11.1. The van der Waals surface area contributed by atoms with Crippen molar-refractivity contribution in [2.45, 2.75) is 53.6 Å². The second kappa shape index (κ2) is 11.3. The first kappa shape index (κ1) is 26.4. The van der Waals surface area contributed by atoms with Gasteiger partial charge < -0.3 is 10.2 Å². The molecule has 180 valence electrons. The Morgan fingerprint density at radius 1 is 1.03 bits per heavy atom. The number of nitrogens with one attached hydrogen (secondary N) is 1. The Labute approximate surface area is 197 Å². The van der Waals surface area contributed by atoms with Gasteiger partial charge in [0.2, 0.25) is 21.8 Å². The van der Waals surface area contributed by atoms with Crippen LogP contribution in [0.4, 0.5) is 5.69 Å². The maximum atomic E-state index is 13.5. The molecule has 1 unspecified atom stereocenters. The van der Waals surface area contributed by atoms with E-state index >= 15 is 0 Å². The van der Waals surface area contributed by atoms with E-state index in [-0.39, 0.29) is 19.0 Å². The Morgan fingerprint density at radius 3 is 2.27 bits per heavy atom. The number of hydrogen-bond acceptors (Lipinski definition) is 4. The highest BCUT2D eigenvalue weighted by Gasteiger charge is 2.30. The van der Waals surface area contributed by atoms with Crippen LogP contribution in [-0.4, -0.2) is 50.5 Å². The predicted molar refractivity (Wildman–Crippen MR) is 133 cm³/mol. The average molecular weight is 474 g/mol. The summed E-state index contributed by atoms with van der Waals surface area (Å²) in [5.74, 6) is -0.709. The number of amides is 2. The van der Waals surface area contributed by atoms with Gasteiger partial charge in [-0.3, -0.25) is 13.9 Å². The highest BCUT2D eigenvalue weighted by molar-refractivity contribution is 7.92. The first-order chi connectivity index (χ1) is 15.5. The lowest BCUT2D eigenvalue weighted by atomic mass is 10.1. The summed E-state index contributed by atoms with van der Waals surface area (Å²) in [7, 11) is -3.74. The molecular formula is C25H35N3O4S. The molecule has 2 aromatic rings. The van der Waals surface area contributed by atoms with Crippen molar-refractivity contribution >= 4 is 27.5 Å². The van der Waals surface area contributed by atoms with Crippen molar-refractivity contribution in [3.8, 4) is 0 Å². The number of benzene rings is 2. The van der Waals surface area contributed by atoms with Crippen LogP contribution in [0, 0.1) is 20.8 Å². The number of carbonyl (C=O) groups excluding carboxylic acids is 2. The van der Waals surface area contributed by atoms with Gasteiger partial charge >= 0.3 is 0 Å². The van der Waals surface area contributed by atoms with Crippen LogP contribution < -0.4 is 9.62 Å². The van der Waals surface area contributed by atoms with Crippen molar-refractivity contribution in [3.63, 3.8) is 0 Å². The molecule has 0 spiro atoms. The molecule has 0 aromatic heterocycles. The average Bonchev–Trinajstić information content (AvgIpc) is 2.74. The third kappa shape index (κ3) is 7.05. The molecule has 0 saturated heterocycles. The van der Waals surface area contributed by atoms with Crippen molar-refractivity contribution in [3.05, 3.63) is 64.7 Å². The van der Waals surface area contributed by atoms with Gasteiger partial charge in [0, 0.05) is 13.1 Å². The summed E-state index contributed by atoms with van der Waals surface area (Å²) >= 11 is 0. The second-order valence-electron chi connectivity index (χ2n) is 8.47. The van der Waals surface area contributed by atoms with Crippen LogP contribution in [0.5, 0.6) is 0 Å². The summed E-state index contributed by atoms with van der Waals surface area (Å²) < 4.78 is 26.4. The minimum Gasteiger partial charge on any atom is -0.354 e. The maximum absolute atomic E-state index is 13.5. The van der Waals surface area contributed by atoms with Crippen LogP contribution in [0.1, 0.15) is 42.5 Å². The third-order valence-electron chi connectivity index (χ3n) is 5.62. The summed E-state index contributed by atoms with van der Waals surface area (Å²) in [6, 6.07) is 12.3. The summed E-state index contributed by atoms with van der Waals surface area (Å²) in [5, 5.41) is 2.83. The number of carbonyl (C=O) groups is 2. The molecule has 7 nitrogen and oxygen atoms in total. The number of sulfonamides is 1. The normalized spacial score (nSPS) is 12.2. The standard InChI is InChI=1S/C25H35N3O4S/c1-7-14-26-25(30)21(5)27(16-22-11-9-8-10-19(22)3)24(29)17-28(33(6,31)32)23-13-12-18(2)15-20(23)4/h8-13,15,21H,7,14,16-17H2,1-6H3,(H,26,30). The van der Waals surface area contributed by atoms with E-state index in [9.17, 15) is 18.0 Å². The van der Waals surface area contributed by atoms with Crippen LogP contribution >= 0.6 is 0 Å². The fraction of sp³-hybridized carbons (Fsp3) is 0.440. The Kier molecular flexibility index (Phi) is 9.05. The molecular weight excluding hydrogens is 438 g/mol. The fourth-order valence-electron chi connectivity index (χ4n) is 3.63. The monoisotopic (exact) mass is 473 g/mol. The smallest absolute Gasteiger partial charge is 0.244 e. The lowest BCUT2D eigenvalue weighted by Crippen LogP contribution is -2.51. The molecule has 0 radical (unpaired) electrons. The largest absolute Gasteiger partial charge is 0.354 e. The summed E-state index contributed by atoms with van der Waals surface area (Å²) in [5.41, 5.74) is 4.10. The van der Waals surface area contributed by atoms with Gasteiger partial charge in [-0.1, -0.05) is 48.9 Å². The van der Waals surface area contributed by atoms with Gasteiger partial charge in [0.15, 0.2) is 0 Å². The van der Waals surface area contributed by atoms with Crippen LogP contribution in [0.15, 0.2) is 42.5 Å². The van der Waals surface area contributed by atoms with Gasteiger partial charge in [0.25, 0.3) is 0 Å². The molecule has 33 heavy (non-hydrogen) atoms. The van der Waals surface area contributed by atoms with E-state index < -0.39 is 22.0 Å². The summed E-state index contributed by atoms with van der Waals surface area (Å²) in [4.78, 5) is 27.7. The summed E-state index contributed by atoms with van der Waals surface area (Å²) in [6.07, 6.45) is 1.86. The zero-order chi connectivity index (χ0) is 24.8. The quantitative estimate of drug-likeness (QED) is 0.574. The van der Waals surface area contributed by atoms with Crippen LogP contribution in [0.25, 0.3) is 0 Å². The maximum Gasteiger partial charge on any atom is 0.244 e. The van der Waals surface area contributed by atoms with Gasteiger partial charge in [-0.15, -0.1) is 0 Å². The number of anilines is 1. The van der Waals surface area contributed by atoms with E-state index in [0.717, 1.165) is 39.2 Å². The van der Waals surface area contributed by atoms with Crippen molar-refractivity contribution < 1.29 is 18.0 Å². The molecule has 1 atom stereocenters. The Bertz CT molecular complexity index is 1100. The van der Waals surface area contributed by atoms with Crippen LogP contribution in [0.3, 0.4) is 0 Å². The Morgan fingerprint density at radius 2 is 1.70 bits per heavy atom. The van der Waals surface area contributed by atoms with E-state index in [1.807, 2.05) is 64.1 Å². The molecule has 2 amide bonds. The van der Waals surface area contributed by atoms with Crippen molar-refractivity contribution in [1.82, 2.24) is 10.2 Å². The fourth-order valence-corrected chi connectivity index (χ4v) is 4.54. The van der Waals surface area contributed by atoms with Crippen LogP contribution in [0.2, 0.25) is 0 Å². The minimum atomic E-state index is -3.74. The number of rotatable bonds is 10. The molecule has 0 bridgehead atoms. The van der Waals surface area contributed by atoms with Crippen LogP contribution in [-0.2, 0) is 26.2 Å². The van der Waals surface area contributed by atoms with Crippen molar-refractivity contribution in [2.24, 2.45) is 0 Å². The molecule has 0 aliphatic carbocycles. The van der Waals surface area contributed by atoms with Gasteiger partial charge in [-0.2, -0.15) is 0 Å². The highest BCUT2D eigenvalue weighted by Crippen LogP contribution is 2.24. The minimum absolute atomic E-state index is 0.205. The lowest BCUT2D eigenvalue weighted by Gasteiger charge is -2.32. The van der Waals surface area contributed by atoms with Gasteiger partial charge in [0.05, 0.1) is 11.9 Å². The molecule has 2 aromatic carbocycles. The Hall–Kier alpha value is -2.87. The van der Waals surface area contributed by atoms with E-state index in [4.69, 9.17) is 0 Å². The number of hydrogen-bond donors (Lipinski definition) is 1. The zero-order valence-electron chi connectivity index (χ0n) is 20.4. The molecule has 8 heteroatoms. The van der Waals surface area contributed by atoms with E-state index in [1.54, 1.807) is 13.0 Å². The molecule has 0 aliphatic heterocycles. The molecule has 1 N–H and O–H groups in total. The topological polar surface area (TPSA) is 86.8 Å². The summed E-state index contributed by atoms with van der Waals surface area (Å²) in [6.45, 7) is 9.63. The Balaban J connectivity index is 2.42. The van der Waals surface area contributed by atoms with Gasteiger partial charge in [-0.25, -0.2) is 8.42 Å².